The number of rotatable bonds is 6. The van der Waals surface area contributed by atoms with E-state index in [-0.39, 0.29) is 17.1 Å². The highest BCUT2D eigenvalue weighted by Crippen LogP contribution is 2.24. The average molecular weight is 358 g/mol. The van der Waals surface area contributed by atoms with Crippen LogP contribution in [0.15, 0.2) is 48.5 Å². The third-order valence-corrected chi connectivity index (χ3v) is 4.95. The molecule has 0 spiro atoms. The number of carboxylic acid groups (broad SMARTS) is 1. The lowest BCUT2D eigenvalue weighted by Gasteiger charge is -2.15. The molecule has 8 heteroatoms. The Morgan fingerprint density at radius 1 is 1.22 bits per heavy atom. The van der Waals surface area contributed by atoms with Crippen LogP contribution in [0.3, 0.4) is 0 Å². The number of benzene rings is 2. The number of carbonyl (C=O) groups is 1. The fourth-order valence-corrected chi connectivity index (χ4v) is 3.50. The van der Waals surface area contributed by atoms with Gasteiger partial charge in [-0.3, -0.25) is 4.79 Å². The molecule has 0 aliphatic heterocycles. The van der Waals surface area contributed by atoms with Gasteiger partial charge in [0.1, 0.15) is 5.82 Å². The zero-order valence-corrected chi connectivity index (χ0v) is 13.3. The van der Waals surface area contributed by atoms with Crippen molar-refractivity contribution in [1.29, 1.82) is 0 Å². The summed E-state index contributed by atoms with van der Waals surface area (Å²) in [4.78, 5) is 11.4. The van der Waals surface area contributed by atoms with Crippen LogP contribution in [0.4, 0.5) is 4.39 Å². The van der Waals surface area contributed by atoms with Gasteiger partial charge in [-0.25, -0.2) is 17.5 Å². The molecule has 0 aromatic heterocycles. The summed E-state index contributed by atoms with van der Waals surface area (Å²) in [6, 6.07) is 10.9. The molecule has 0 fully saturated rings. The molecule has 1 atom stereocenters. The molecule has 0 saturated carbocycles. The molecule has 0 bridgehead atoms. The molecule has 2 rings (SSSR count). The van der Waals surface area contributed by atoms with Crippen molar-refractivity contribution in [3.05, 3.63) is 70.5 Å². The molecular weight excluding hydrogens is 345 g/mol. The molecule has 0 radical (unpaired) electrons. The third kappa shape index (κ3) is 4.51. The second kappa shape index (κ2) is 7.08. The van der Waals surface area contributed by atoms with Gasteiger partial charge in [0.05, 0.1) is 0 Å². The van der Waals surface area contributed by atoms with E-state index in [9.17, 15) is 22.7 Å². The Kier molecular flexibility index (Phi) is 5.35. The lowest BCUT2D eigenvalue weighted by Crippen LogP contribution is -2.33. The van der Waals surface area contributed by atoms with Gasteiger partial charge in [0.25, 0.3) is 0 Å². The number of hydrogen-bond donors (Lipinski definition) is 2. The molecule has 2 aromatic rings. The summed E-state index contributed by atoms with van der Waals surface area (Å²) in [5.41, 5.74) is 0.557. The van der Waals surface area contributed by atoms with Crippen LogP contribution in [-0.2, 0) is 21.4 Å². The topological polar surface area (TPSA) is 83.5 Å². The lowest BCUT2D eigenvalue weighted by atomic mass is 10.1. The molecule has 2 N–H and O–H groups in total. The Hall–Kier alpha value is -1.96. The Bertz CT molecular complexity index is 808. The Labute approximate surface area is 137 Å². The van der Waals surface area contributed by atoms with E-state index in [4.69, 9.17) is 11.6 Å². The molecule has 0 aliphatic rings. The van der Waals surface area contributed by atoms with Crippen molar-refractivity contribution >= 4 is 27.6 Å². The maximum atomic E-state index is 12.8. The maximum Gasteiger partial charge on any atom is 0.327 e. The van der Waals surface area contributed by atoms with E-state index in [0.717, 1.165) is 0 Å². The standard InChI is InChI=1S/C15H13ClFNO4S/c16-12-3-1-2-11(8-12)14(15(19)20)23(21,22)18-9-10-4-6-13(17)7-5-10/h1-8,14,18H,9H2,(H,19,20). The van der Waals surface area contributed by atoms with E-state index in [2.05, 4.69) is 4.72 Å². The zero-order chi connectivity index (χ0) is 17.0. The number of hydrogen-bond acceptors (Lipinski definition) is 3. The van der Waals surface area contributed by atoms with Crippen molar-refractivity contribution in [2.24, 2.45) is 0 Å². The van der Waals surface area contributed by atoms with Crippen molar-refractivity contribution in [3.63, 3.8) is 0 Å². The molecule has 5 nitrogen and oxygen atoms in total. The van der Waals surface area contributed by atoms with Crippen LogP contribution in [0.25, 0.3) is 0 Å². The highest BCUT2D eigenvalue weighted by molar-refractivity contribution is 7.90. The van der Waals surface area contributed by atoms with Crippen LogP contribution in [0, 0.1) is 5.82 Å². The van der Waals surface area contributed by atoms with E-state index >= 15 is 0 Å². The molecule has 0 heterocycles. The largest absolute Gasteiger partial charge is 0.480 e. The van der Waals surface area contributed by atoms with Crippen molar-refractivity contribution in [3.8, 4) is 0 Å². The fourth-order valence-electron chi connectivity index (χ4n) is 1.99. The van der Waals surface area contributed by atoms with E-state index < -0.39 is 27.1 Å². The summed E-state index contributed by atoms with van der Waals surface area (Å²) in [5.74, 6) is -1.96. The monoisotopic (exact) mass is 357 g/mol. The predicted molar refractivity (Wildman–Crippen MR) is 84.0 cm³/mol. The second-order valence-electron chi connectivity index (χ2n) is 4.77. The van der Waals surface area contributed by atoms with Gasteiger partial charge in [0.2, 0.25) is 10.0 Å². The average Bonchev–Trinajstić information content (AvgIpc) is 2.46. The molecule has 1 unspecified atom stereocenters. The maximum absolute atomic E-state index is 12.8. The normalized spacial score (nSPS) is 12.8. The highest BCUT2D eigenvalue weighted by Gasteiger charge is 2.34. The van der Waals surface area contributed by atoms with Crippen molar-refractivity contribution < 1.29 is 22.7 Å². The van der Waals surface area contributed by atoms with Crippen molar-refractivity contribution in [2.75, 3.05) is 0 Å². The smallest absolute Gasteiger partial charge is 0.327 e. The van der Waals surface area contributed by atoms with Gasteiger partial charge in [0.15, 0.2) is 5.25 Å². The van der Waals surface area contributed by atoms with Crippen LogP contribution < -0.4 is 4.72 Å². The SMILES string of the molecule is O=C(O)C(c1cccc(Cl)c1)S(=O)(=O)NCc1ccc(F)cc1. The van der Waals surface area contributed by atoms with E-state index in [1.807, 2.05) is 0 Å². The highest BCUT2D eigenvalue weighted by atomic mass is 35.5. The first-order valence-electron chi connectivity index (χ1n) is 6.51. The van der Waals surface area contributed by atoms with E-state index in [1.54, 1.807) is 0 Å². The summed E-state index contributed by atoms with van der Waals surface area (Å²) < 4.78 is 39.7. The van der Waals surface area contributed by atoms with Crippen molar-refractivity contribution in [2.45, 2.75) is 11.8 Å². The first-order chi connectivity index (χ1) is 10.8. The first kappa shape index (κ1) is 17.4. The van der Waals surface area contributed by atoms with Gasteiger partial charge in [-0.1, -0.05) is 35.9 Å². The molecule has 0 aliphatic carbocycles. The molecule has 2 aromatic carbocycles. The van der Waals surface area contributed by atoms with Crippen LogP contribution >= 0.6 is 11.6 Å². The molecule has 122 valence electrons. The predicted octanol–water partition coefficient (Wildman–Crippen LogP) is 2.72. The minimum atomic E-state index is -4.20. The third-order valence-electron chi connectivity index (χ3n) is 3.08. The number of nitrogens with one attached hydrogen (secondary N) is 1. The van der Waals surface area contributed by atoms with Gasteiger partial charge in [-0.2, -0.15) is 0 Å². The first-order valence-corrected chi connectivity index (χ1v) is 8.43. The van der Waals surface area contributed by atoms with Crippen LogP contribution in [0.5, 0.6) is 0 Å². The van der Waals surface area contributed by atoms with E-state index in [0.29, 0.717) is 5.56 Å². The molecule has 23 heavy (non-hydrogen) atoms. The number of carboxylic acids is 1. The minimum Gasteiger partial charge on any atom is -0.480 e. The number of aliphatic carboxylic acids is 1. The van der Waals surface area contributed by atoms with Crippen molar-refractivity contribution in [1.82, 2.24) is 4.72 Å². The van der Waals surface area contributed by atoms with Crippen LogP contribution in [0.1, 0.15) is 16.4 Å². The Morgan fingerprint density at radius 2 is 1.87 bits per heavy atom. The second-order valence-corrected chi connectivity index (χ2v) is 7.05. The lowest BCUT2D eigenvalue weighted by molar-refractivity contribution is -0.136. The summed E-state index contributed by atoms with van der Waals surface area (Å²) in [6.07, 6.45) is 0. The number of sulfonamides is 1. The van der Waals surface area contributed by atoms with Gasteiger partial charge < -0.3 is 5.11 Å². The Morgan fingerprint density at radius 3 is 2.43 bits per heavy atom. The Balaban J connectivity index is 2.23. The summed E-state index contributed by atoms with van der Waals surface area (Å²) in [6.45, 7) is -0.146. The van der Waals surface area contributed by atoms with Gasteiger partial charge in [0, 0.05) is 11.6 Å². The van der Waals surface area contributed by atoms with Gasteiger partial charge in [-0.05, 0) is 35.4 Å². The van der Waals surface area contributed by atoms with Crippen LogP contribution in [-0.4, -0.2) is 19.5 Å². The minimum absolute atomic E-state index is 0.0524. The summed E-state index contributed by atoms with van der Waals surface area (Å²) >= 11 is 5.79. The van der Waals surface area contributed by atoms with Gasteiger partial charge >= 0.3 is 5.97 Å². The zero-order valence-electron chi connectivity index (χ0n) is 11.7. The fraction of sp³-hybridized carbons (Fsp3) is 0.133. The molecule has 0 saturated heterocycles. The van der Waals surface area contributed by atoms with Crippen LogP contribution in [0.2, 0.25) is 5.02 Å². The number of halogens is 2. The van der Waals surface area contributed by atoms with Gasteiger partial charge in [-0.15, -0.1) is 0 Å². The summed E-state index contributed by atoms with van der Waals surface area (Å²) in [7, 11) is -4.20. The summed E-state index contributed by atoms with van der Waals surface area (Å²) in [5, 5.41) is 7.72. The molecule has 0 amide bonds. The quantitative estimate of drug-likeness (QED) is 0.832. The van der Waals surface area contributed by atoms with E-state index in [1.165, 1.54) is 48.5 Å². The molecular formula is C15H13ClFNO4S.